The number of ether oxygens (including phenoxy) is 1. The highest BCUT2D eigenvalue weighted by Gasteiger charge is 2.23. The summed E-state index contributed by atoms with van der Waals surface area (Å²) in [5.41, 5.74) is 1.12. The maximum absolute atomic E-state index is 13.7. The van der Waals surface area contributed by atoms with Crippen LogP contribution in [0.15, 0.2) is 77.7 Å². The van der Waals surface area contributed by atoms with Gasteiger partial charge in [0.05, 0.1) is 24.4 Å². The van der Waals surface area contributed by atoms with Gasteiger partial charge in [-0.1, -0.05) is 42.5 Å². The van der Waals surface area contributed by atoms with Gasteiger partial charge in [-0.15, -0.1) is 0 Å². The Bertz CT molecular complexity index is 1150. The molecule has 3 aromatic carbocycles. The molecule has 0 bridgehead atoms. The van der Waals surface area contributed by atoms with E-state index < -0.39 is 21.7 Å². The summed E-state index contributed by atoms with van der Waals surface area (Å²) in [7, 11) is -2.92. The van der Waals surface area contributed by atoms with Gasteiger partial charge in [0.1, 0.15) is 16.5 Å². The van der Waals surface area contributed by atoms with E-state index in [1.54, 1.807) is 12.1 Å². The van der Waals surface area contributed by atoms with Gasteiger partial charge in [-0.05, 0) is 42.8 Å². The van der Waals surface area contributed by atoms with Crippen molar-refractivity contribution in [2.75, 3.05) is 11.8 Å². The van der Waals surface area contributed by atoms with E-state index >= 15 is 0 Å². The second kappa shape index (κ2) is 8.96. The molecule has 1 amide bonds. The third-order valence-electron chi connectivity index (χ3n) is 4.48. The molecule has 2 N–H and O–H groups in total. The van der Waals surface area contributed by atoms with Crippen LogP contribution in [0.25, 0.3) is 0 Å². The lowest BCUT2D eigenvalue weighted by molar-refractivity contribution is 0.0941. The van der Waals surface area contributed by atoms with E-state index in [9.17, 15) is 17.6 Å². The third-order valence-corrected chi connectivity index (χ3v) is 5.87. The first kappa shape index (κ1) is 21.3. The number of rotatable bonds is 7. The van der Waals surface area contributed by atoms with E-state index in [1.807, 2.05) is 37.3 Å². The Hall–Kier alpha value is -3.39. The molecule has 0 aromatic heterocycles. The summed E-state index contributed by atoms with van der Waals surface area (Å²) in [5.74, 6) is -1.18. The first-order valence-electron chi connectivity index (χ1n) is 9.13. The third kappa shape index (κ3) is 4.77. The number of nitrogens with one attached hydrogen (secondary N) is 2. The normalized spacial score (nSPS) is 12.1. The van der Waals surface area contributed by atoms with Crippen LogP contribution in [0.3, 0.4) is 0 Å². The minimum absolute atomic E-state index is 0.0106. The number of sulfonamides is 1. The standard InChI is InChI=1S/C22H21FN2O4S/c1-15(16-8-4-3-5-9-16)24-22(26)18-10-6-7-11-19(18)25-30(27,28)21-14-17(23)12-13-20(21)29-2/h3-15,25H,1-2H3,(H,24,26). The number of amides is 1. The molecule has 30 heavy (non-hydrogen) atoms. The van der Waals surface area contributed by atoms with Gasteiger partial charge in [0.25, 0.3) is 15.9 Å². The Morgan fingerprint density at radius 3 is 2.37 bits per heavy atom. The Morgan fingerprint density at radius 2 is 1.67 bits per heavy atom. The summed E-state index contributed by atoms with van der Waals surface area (Å²) >= 11 is 0. The molecule has 0 heterocycles. The topological polar surface area (TPSA) is 84.5 Å². The van der Waals surface area contributed by atoms with Gasteiger partial charge in [0.2, 0.25) is 0 Å². The van der Waals surface area contributed by atoms with Crippen LogP contribution in [0.1, 0.15) is 28.9 Å². The summed E-state index contributed by atoms with van der Waals surface area (Å²) < 4.78 is 46.8. The molecule has 3 aromatic rings. The quantitative estimate of drug-likeness (QED) is 0.593. The van der Waals surface area contributed by atoms with Crippen LogP contribution in [0.4, 0.5) is 10.1 Å². The molecule has 156 valence electrons. The number of carbonyl (C=O) groups is 1. The first-order valence-corrected chi connectivity index (χ1v) is 10.6. The Kier molecular flexibility index (Phi) is 6.37. The average Bonchev–Trinajstić information content (AvgIpc) is 2.74. The van der Waals surface area contributed by atoms with E-state index in [4.69, 9.17) is 4.74 Å². The fourth-order valence-corrected chi connectivity index (χ4v) is 4.19. The highest BCUT2D eigenvalue weighted by molar-refractivity contribution is 7.92. The van der Waals surface area contributed by atoms with Gasteiger partial charge in [-0.25, -0.2) is 12.8 Å². The van der Waals surface area contributed by atoms with Crippen molar-refractivity contribution in [3.63, 3.8) is 0 Å². The monoisotopic (exact) mass is 428 g/mol. The summed E-state index contributed by atoms with van der Waals surface area (Å²) in [4.78, 5) is 12.5. The maximum atomic E-state index is 13.7. The molecule has 0 aliphatic carbocycles. The Morgan fingerprint density at radius 1 is 1.00 bits per heavy atom. The number of anilines is 1. The summed E-state index contributed by atoms with van der Waals surface area (Å²) in [6.07, 6.45) is 0. The molecule has 6 nitrogen and oxygen atoms in total. The lowest BCUT2D eigenvalue weighted by Crippen LogP contribution is -2.28. The second-order valence-corrected chi connectivity index (χ2v) is 8.20. The van der Waals surface area contributed by atoms with E-state index in [1.165, 1.54) is 25.3 Å². The molecule has 0 fully saturated rings. The minimum Gasteiger partial charge on any atom is -0.495 e. The Balaban J connectivity index is 1.88. The van der Waals surface area contributed by atoms with Crippen molar-refractivity contribution in [1.82, 2.24) is 5.32 Å². The van der Waals surface area contributed by atoms with Crippen molar-refractivity contribution in [1.29, 1.82) is 0 Å². The first-order chi connectivity index (χ1) is 14.3. The SMILES string of the molecule is COc1ccc(F)cc1S(=O)(=O)Nc1ccccc1C(=O)NC(C)c1ccccc1. The zero-order chi connectivity index (χ0) is 21.7. The van der Waals surface area contributed by atoms with Crippen molar-refractivity contribution in [2.24, 2.45) is 0 Å². The van der Waals surface area contributed by atoms with Gasteiger partial charge in [-0.3, -0.25) is 9.52 Å². The van der Waals surface area contributed by atoms with Crippen molar-refractivity contribution in [2.45, 2.75) is 17.9 Å². The van der Waals surface area contributed by atoms with Crippen LogP contribution in [0, 0.1) is 5.82 Å². The predicted molar refractivity (Wildman–Crippen MR) is 113 cm³/mol. The van der Waals surface area contributed by atoms with Gasteiger partial charge >= 0.3 is 0 Å². The zero-order valence-electron chi connectivity index (χ0n) is 16.4. The fourth-order valence-electron chi connectivity index (χ4n) is 2.93. The Labute approximate surface area is 174 Å². The van der Waals surface area contributed by atoms with E-state index in [-0.39, 0.29) is 27.9 Å². The van der Waals surface area contributed by atoms with Gasteiger partial charge in [-0.2, -0.15) is 0 Å². The number of methoxy groups -OCH3 is 1. The van der Waals surface area contributed by atoms with Gasteiger partial charge in [0, 0.05) is 0 Å². The molecule has 1 atom stereocenters. The molecule has 1 unspecified atom stereocenters. The fraction of sp³-hybridized carbons (Fsp3) is 0.136. The number of benzene rings is 3. The van der Waals surface area contributed by atoms with Gasteiger partial charge in [0.15, 0.2) is 0 Å². The lowest BCUT2D eigenvalue weighted by atomic mass is 10.1. The predicted octanol–water partition coefficient (Wildman–Crippen LogP) is 4.13. The van der Waals surface area contributed by atoms with Crippen LogP contribution in [0.2, 0.25) is 0 Å². The highest BCUT2D eigenvalue weighted by Crippen LogP contribution is 2.28. The van der Waals surface area contributed by atoms with Crippen LogP contribution in [-0.2, 0) is 10.0 Å². The number of para-hydroxylation sites is 1. The second-order valence-electron chi connectivity index (χ2n) is 6.55. The number of halogens is 1. The molecule has 0 aliphatic heterocycles. The number of hydrogen-bond donors (Lipinski definition) is 2. The van der Waals surface area contributed by atoms with E-state index in [0.29, 0.717) is 0 Å². The lowest BCUT2D eigenvalue weighted by Gasteiger charge is -2.17. The molecular weight excluding hydrogens is 407 g/mol. The van der Waals surface area contributed by atoms with E-state index in [2.05, 4.69) is 10.0 Å². The summed E-state index contributed by atoms with van der Waals surface area (Å²) in [6, 6.07) is 18.5. The molecule has 0 spiro atoms. The van der Waals surface area contributed by atoms with Crippen molar-refractivity contribution < 1.29 is 22.3 Å². The van der Waals surface area contributed by atoms with Gasteiger partial charge < -0.3 is 10.1 Å². The molecule has 3 rings (SSSR count). The molecular formula is C22H21FN2O4S. The van der Waals surface area contributed by atoms with Crippen LogP contribution in [-0.4, -0.2) is 21.4 Å². The largest absolute Gasteiger partial charge is 0.495 e. The zero-order valence-corrected chi connectivity index (χ0v) is 17.2. The van der Waals surface area contributed by atoms with Crippen LogP contribution in [0.5, 0.6) is 5.75 Å². The van der Waals surface area contributed by atoms with Crippen molar-refractivity contribution in [3.8, 4) is 5.75 Å². The number of hydrogen-bond acceptors (Lipinski definition) is 4. The molecule has 0 radical (unpaired) electrons. The smallest absolute Gasteiger partial charge is 0.265 e. The molecule has 8 heteroatoms. The highest BCUT2D eigenvalue weighted by atomic mass is 32.2. The van der Waals surface area contributed by atoms with Crippen LogP contribution < -0.4 is 14.8 Å². The molecule has 0 saturated heterocycles. The molecule has 0 aliphatic rings. The molecule has 0 saturated carbocycles. The summed E-state index contributed by atoms with van der Waals surface area (Å²) in [6.45, 7) is 1.83. The van der Waals surface area contributed by atoms with E-state index in [0.717, 1.165) is 17.7 Å². The maximum Gasteiger partial charge on any atom is 0.265 e. The van der Waals surface area contributed by atoms with Crippen molar-refractivity contribution >= 4 is 21.6 Å². The van der Waals surface area contributed by atoms with Crippen LogP contribution >= 0.6 is 0 Å². The minimum atomic E-state index is -4.21. The van der Waals surface area contributed by atoms with Crippen molar-refractivity contribution in [3.05, 3.63) is 89.7 Å². The summed E-state index contributed by atoms with van der Waals surface area (Å²) in [5, 5.41) is 2.85. The average molecular weight is 428 g/mol. The number of carbonyl (C=O) groups excluding carboxylic acids is 1.